The van der Waals surface area contributed by atoms with E-state index in [2.05, 4.69) is 46.5 Å². The van der Waals surface area contributed by atoms with E-state index >= 15 is 0 Å². The molecule has 0 aliphatic carbocycles. The molecule has 1 heterocycles. The molecule has 0 atom stereocenters. The molecular weight excluding hydrogens is 296 g/mol. The number of hydrogen-bond donors (Lipinski definition) is 1. The second-order valence-electron chi connectivity index (χ2n) is 5.87. The fourth-order valence-corrected chi connectivity index (χ4v) is 2.55. The summed E-state index contributed by atoms with van der Waals surface area (Å²) in [5, 5.41) is 3.41. The molecule has 0 fully saturated rings. The molecule has 4 nitrogen and oxygen atoms in total. The molecule has 0 saturated heterocycles. The monoisotopic (exact) mass is 318 g/mol. The molecule has 0 aliphatic rings. The van der Waals surface area contributed by atoms with Gasteiger partial charge in [0.05, 0.1) is 0 Å². The third-order valence-corrected chi connectivity index (χ3v) is 4.01. The van der Waals surface area contributed by atoms with Crippen molar-refractivity contribution in [3.8, 4) is 0 Å². The van der Waals surface area contributed by atoms with E-state index < -0.39 is 0 Å². The summed E-state index contributed by atoms with van der Waals surface area (Å²) in [4.78, 5) is 11.2. The number of aromatic nitrogens is 2. The summed E-state index contributed by atoms with van der Waals surface area (Å²) in [7, 11) is 1.98. The van der Waals surface area contributed by atoms with Crippen LogP contribution in [0.5, 0.6) is 0 Å². The third kappa shape index (κ3) is 3.71. The highest BCUT2D eigenvalue weighted by Crippen LogP contribution is 2.21. The molecule has 3 aromatic rings. The highest BCUT2D eigenvalue weighted by Gasteiger charge is 2.09. The molecule has 0 unspecified atom stereocenters. The Kier molecular flexibility index (Phi) is 4.75. The van der Waals surface area contributed by atoms with Crippen molar-refractivity contribution in [2.75, 3.05) is 17.3 Å². The summed E-state index contributed by atoms with van der Waals surface area (Å²) in [5.41, 5.74) is 4.55. The zero-order valence-corrected chi connectivity index (χ0v) is 14.3. The second-order valence-corrected chi connectivity index (χ2v) is 5.87. The number of aryl methyl sites for hydroxylation is 2. The fraction of sp³-hybridized carbons (Fsp3) is 0.200. The lowest BCUT2D eigenvalue weighted by molar-refractivity contribution is 0.996. The number of benzene rings is 2. The van der Waals surface area contributed by atoms with Crippen molar-refractivity contribution < 1.29 is 0 Å². The minimum Gasteiger partial charge on any atom is -0.366 e. The SMILES string of the molecule is Cc1cc(NCc2ccccc2C)nc(N(C)c2ccccc2)n1. The van der Waals surface area contributed by atoms with Crippen LogP contribution >= 0.6 is 0 Å². The van der Waals surface area contributed by atoms with Gasteiger partial charge in [0.15, 0.2) is 0 Å². The molecule has 0 spiro atoms. The van der Waals surface area contributed by atoms with Crippen molar-refractivity contribution in [1.82, 2.24) is 9.97 Å². The van der Waals surface area contributed by atoms with Crippen LogP contribution in [-0.2, 0) is 6.54 Å². The Bertz CT molecular complexity index is 815. The van der Waals surface area contributed by atoms with Gasteiger partial charge in [-0.3, -0.25) is 0 Å². The third-order valence-electron chi connectivity index (χ3n) is 4.01. The number of anilines is 3. The van der Waals surface area contributed by atoms with Crippen LogP contribution in [-0.4, -0.2) is 17.0 Å². The Morgan fingerprint density at radius 3 is 2.38 bits per heavy atom. The normalized spacial score (nSPS) is 10.5. The molecule has 122 valence electrons. The first-order valence-electron chi connectivity index (χ1n) is 8.06. The molecule has 2 aromatic carbocycles. The first-order chi connectivity index (χ1) is 11.6. The average molecular weight is 318 g/mol. The van der Waals surface area contributed by atoms with E-state index in [9.17, 15) is 0 Å². The van der Waals surface area contributed by atoms with Crippen LogP contribution in [0.15, 0.2) is 60.7 Å². The van der Waals surface area contributed by atoms with Crippen molar-refractivity contribution in [3.05, 3.63) is 77.5 Å². The lowest BCUT2D eigenvalue weighted by atomic mass is 10.1. The van der Waals surface area contributed by atoms with Gasteiger partial charge in [0, 0.05) is 31.0 Å². The maximum atomic E-state index is 4.66. The summed E-state index contributed by atoms with van der Waals surface area (Å²) in [6.45, 7) is 4.86. The number of rotatable bonds is 5. The molecule has 0 saturated carbocycles. The van der Waals surface area contributed by atoms with Gasteiger partial charge in [0.1, 0.15) is 5.82 Å². The van der Waals surface area contributed by atoms with E-state index in [4.69, 9.17) is 0 Å². The van der Waals surface area contributed by atoms with Gasteiger partial charge in [-0.15, -0.1) is 0 Å². The maximum absolute atomic E-state index is 4.66. The quantitative estimate of drug-likeness (QED) is 0.753. The van der Waals surface area contributed by atoms with Crippen LogP contribution in [0.4, 0.5) is 17.5 Å². The van der Waals surface area contributed by atoms with E-state index in [1.165, 1.54) is 11.1 Å². The number of nitrogens with one attached hydrogen (secondary N) is 1. The van der Waals surface area contributed by atoms with Gasteiger partial charge in [-0.2, -0.15) is 4.98 Å². The molecule has 1 N–H and O–H groups in total. The van der Waals surface area contributed by atoms with Crippen molar-refractivity contribution in [2.45, 2.75) is 20.4 Å². The highest BCUT2D eigenvalue weighted by molar-refractivity contribution is 5.57. The topological polar surface area (TPSA) is 41.1 Å². The summed E-state index contributed by atoms with van der Waals surface area (Å²) in [6, 6.07) is 20.5. The summed E-state index contributed by atoms with van der Waals surface area (Å²) in [5.74, 6) is 1.53. The zero-order valence-electron chi connectivity index (χ0n) is 14.3. The van der Waals surface area contributed by atoms with Gasteiger partial charge in [-0.05, 0) is 37.1 Å². The molecule has 4 heteroatoms. The molecule has 0 bridgehead atoms. The van der Waals surface area contributed by atoms with Crippen LogP contribution < -0.4 is 10.2 Å². The van der Waals surface area contributed by atoms with Gasteiger partial charge >= 0.3 is 0 Å². The minimum atomic E-state index is 0.688. The predicted octanol–water partition coefficient (Wildman–Crippen LogP) is 4.47. The number of hydrogen-bond acceptors (Lipinski definition) is 4. The molecular formula is C20H22N4. The van der Waals surface area contributed by atoms with Crippen LogP contribution in [0.1, 0.15) is 16.8 Å². The Labute approximate surface area is 143 Å². The average Bonchev–Trinajstić information content (AvgIpc) is 2.61. The fourth-order valence-electron chi connectivity index (χ4n) is 2.55. The van der Waals surface area contributed by atoms with Crippen molar-refractivity contribution in [3.63, 3.8) is 0 Å². The first kappa shape index (κ1) is 16.0. The molecule has 0 amide bonds. The smallest absolute Gasteiger partial charge is 0.231 e. The van der Waals surface area contributed by atoms with E-state index in [1.807, 2.05) is 55.3 Å². The van der Waals surface area contributed by atoms with E-state index in [1.54, 1.807) is 0 Å². The van der Waals surface area contributed by atoms with Gasteiger partial charge in [0.25, 0.3) is 0 Å². The molecule has 0 radical (unpaired) electrons. The van der Waals surface area contributed by atoms with Crippen LogP contribution in [0.3, 0.4) is 0 Å². The lowest BCUT2D eigenvalue weighted by Crippen LogP contribution is -2.15. The Morgan fingerprint density at radius 2 is 1.62 bits per heavy atom. The van der Waals surface area contributed by atoms with Gasteiger partial charge in [0.2, 0.25) is 5.95 Å². The summed E-state index contributed by atoms with van der Waals surface area (Å²) < 4.78 is 0. The van der Waals surface area contributed by atoms with Crippen molar-refractivity contribution >= 4 is 17.5 Å². The van der Waals surface area contributed by atoms with Crippen LogP contribution in [0, 0.1) is 13.8 Å². The van der Waals surface area contributed by atoms with Gasteiger partial charge in [-0.1, -0.05) is 42.5 Å². The van der Waals surface area contributed by atoms with Crippen LogP contribution in [0.25, 0.3) is 0 Å². The van der Waals surface area contributed by atoms with Crippen LogP contribution in [0.2, 0.25) is 0 Å². The predicted molar refractivity (Wildman–Crippen MR) is 99.8 cm³/mol. The maximum Gasteiger partial charge on any atom is 0.231 e. The van der Waals surface area contributed by atoms with E-state index in [-0.39, 0.29) is 0 Å². The number of nitrogens with zero attached hydrogens (tertiary/aromatic N) is 3. The van der Waals surface area contributed by atoms with Gasteiger partial charge < -0.3 is 10.2 Å². The summed E-state index contributed by atoms with van der Waals surface area (Å²) in [6.07, 6.45) is 0. The second kappa shape index (κ2) is 7.13. The van der Waals surface area contributed by atoms with Gasteiger partial charge in [-0.25, -0.2) is 4.98 Å². The minimum absolute atomic E-state index is 0.688. The molecule has 1 aromatic heterocycles. The molecule has 24 heavy (non-hydrogen) atoms. The zero-order chi connectivity index (χ0) is 16.9. The Hall–Kier alpha value is -2.88. The highest BCUT2D eigenvalue weighted by atomic mass is 15.2. The molecule has 0 aliphatic heterocycles. The standard InChI is InChI=1S/C20H22N4/c1-15-9-7-8-10-17(15)14-21-19-13-16(2)22-20(23-19)24(3)18-11-5-4-6-12-18/h4-13H,14H2,1-3H3,(H,21,22,23). The largest absolute Gasteiger partial charge is 0.366 e. The summed E-state index contributed by atoms with van der Waals surface area (Å²) >= 11 is 0. The van der Waals surface area contributed by atoms with E-state index in [0.717, 1.165) is 23.7 Å². The number of para-hydroxylation sites is 1. The molecule has 3 rings (SSSR count). The lowest BCUT2D eigenvalue weighted by Gasteiger charge is -2.18. The van der Waals surface area contributed by atoms with E-state index in [0.29, 0.717) is 5.95 Å². The Balaban J connectivity index is 1.80. The first-order valence-corrected chi connectivity index (χ1v) is 8.06. The Morgan fingerprint density at radius 1 is 0.917 bits per heavy atom. The van der Waals surface area contributed by atoms with Crippen molar-refractivity contribution in [1.29, 1.82) is 0 Å². The van der Waals surface area contributed by atoms with Crippen molar-refractivity contribution in [2.24, 2.45) is 0 Å².